The minimum Gasteiger partial charge on any atom is -0.396 e. The molecule has 118 valence electrons. The van der Waals surface area contributed by atoms with Gasteiger partial charge < -0.3 is 11.1 Å². The standard InChI is InChI=1S/C15H26N4OS/c1-11-14(16)12(2)19(18-11)9-13(20)17-10-15(21-3)7-5-4-6-8-15/h4-10,16H2,1-3H3,(H,17,20). The topological polar surface area (TPSA) is 72.9 Å². The van der Waals surface area contributed by atoms with E-state index in [1.807, 2.05) is 25.6 Å². The lowest BCUT2D eigenvalue weighted by Gasteiger charge is -2.35. The van der Waals surface area contributed by atoms with Gasteiger partial charge >= 0.3 is 0 Å². The van der Waals surface area contributed by atoms with E-state index in [0.29, 0.717) is 5.69 Å². The number of aromatic nitrogens is 2. The van der Waals surface area contributed by atoms with Crippen LogP contribution in [0.4, 0.5) is 5.69 Å². The number of nitrogens with one attached hydrogen (secondary N) is 1. The molecule has 0 saturated heterocycles. The van der Waals surface area contributed by atoms with E-state index in [-0.39, 0.29) is 17.2 Å². The summed E-state index contributed by atoms with van der Waals surface area (Å²) in [6, 6.07) is 0. The van der Waals surface area contributed by atoms with Crippen molar-refractivity contribution in [3.05, 3.63) is 11.4 Å². The molecule has 5 nitrogen and oxygen atoms in total. The van der Waals surface area contributed by atoms with Crippen LogP contribution in [0.15, 0.2) is 0 Å². The lowest BCUT2D eigenvalue weighted by atomic mass is 9.88. The molecular weight excluding hydrogens is 284 g/mol. The molecule has 1 aromatic heterocycles. The number of hydrogen-bond acceptors (Lipinski definition) is 4. The molecule has 2 rings (SSSR count). The summed E-state index contributed by atoms with van der Waals surface area (Å²) in [6.07, 6.45) is 8.40. The van der Waals surface area contributed by atoms with Crippen molar-refractivity contribution in [1.82, 2.24) is 15.1 Å². The van der Waals surface area contributed by atoms with E-state index in [1.54, 1.807) is 4.68 Å². The van der Waals surface area contributed by atoms with Crippen molar-refractivity contribution in [3.63, 3.8) is 0 Å². The predicted molar refractivity (Wildman–Crippen MR) is 88.5 cm³/mol. The van der Waals surface area contributed by atoms with Crippen molar-refractivity contribution in [1.29, 1.82) is 0 Å². The Morgan fingerprint density at radius 2 is 2.05 bits per heavy atom. The van der Waals surface area contributed by atoms with E-state index in [1.165, 1.54) is 32.1 Å². The van der Waals surface area contributed by atoms with Crippen LogP contribution in [-0.2, 0) is 11.3 Å². The Bertz CT molecular complexity index is 506. The van der Waals surface area contributed by atoms with Crippen LogP contribution in [0.3, 0.4) is 0 Å². The van der Waals surface area contributed by atoms with Crippen LogP contribution >= 0.6 is 11.8 Å². The highest BCUT2D eigenvalue weighted by Crippen LogP contribution is 2.37. The van der Waals surface area contributed by atoms with Gasteiger partial charge in [-0.05, 0) is 32.9 Å². The molecule has 0 bridgehead atoms. The van der Waals surface area contributed by atoms with Crippen LogP contribution in [0.1, 0.15) is 43.5 Å². The van der Waals surface area contributed by atoms with Crippen LogP contribution in [0, 0.1) is 13.8 Å². The van der Waals surface area contributed by atoms with E-state index in [9.17, 15) is 4.79 Å². The molecule has 1 fully saturated rings. The van der Waals surface area contributed by atoms with Gasteiger partial charge in [0.25, 0.3) is 0 Å². The zero-order valence-electron chi connectivity index (χ0n) is 13.2. The highest BCUT2D eigenvalue weighted by Gasteiger charge is 2.31. The van der Waals surface area contributed by atoms with E-state index in [2.05, 4.69) is 16.7 Å². The van der Waals surface area contributed by atoms with Gasteiger partial charge in [-0.1, -0.05) is 19.3 Å². The molecule has 0 radical (unpaired) electrons. The number of nitrogen functional groups attached to an aromatic ring is 1. The van der Waals surface area contributed by atoms with Gasteiger partial charge in [0.05, 0.1) is 17.1 Å². The molecule has 3 N–H and O–H groups in total. The summed E-state index contributed by atoms with van der Waals surface area (Å²) in [7, 11) is 0. The Morgan fingerprint density at radius 3 is 2.57 bits per heavy atom. The Hall–Kier alpha value is -1.17. The third-order valence-electron chi connectivity index (χ3n) is 4.54. The third kappa shape index (κ3) is 3.73. The van der Waals surface area contributed by atoms with Gasteiger partial charge in [-0.15, -0.1) is 0 Å². The average Bonchev–Trinajstić information content (AvgIpc) is 2.73. The van der Waals surface area contributed by atoms with Crippen LogP contribution in [0.5, 0.6) is 0 Å². The van der Waals surface area contributed by atoms with Crippen molar-refractivity contribution in [2.45, 2.75) is 57.2 Å². The summed E-state index contributed by atoms with van der Waals surface area (Å²) in [5.74, 6) is 0.0135. The number of rotatable bonds is 5. The zero-order chi connectivity index (χ0) is 15.5. The Morgan fingerprint density at radius 1 is 1.38 bits per heavy atom. The number of thioether (sulfide) groups is 1. The highest BCUT2D eigenvalue weighted by molar-refractivity contribution is 8.00. The SMILES string of the molecule is CSC1(CNC(=O)Cn2nc(C)c(N)c2C)CCCCC1. The fourth-order valence-electron chi connectivity index (χ4n) is 2.97. The monoisotopic (exact) mass is 310 g/mol. The molecule has 1 heterocycles. The molecule has 0 spiro atoms. The molecule has 1 aliphatic rings. The summed E-state index contributed by atoms with van der Waals surface area (Å²) in [5, 5.41) is 7.39. The molecule has 0 unspecified atom stereocenters. The van der Waals surface area contributed by atoms with E-state index in [4.69, 9.17) is 5.73 Å². The first-order chi connectivity index (χ1) is 9.97. The van der Waals surface area contributed by atoms with Crippen molar-refractivity contribution < 1.29 is 4.79 Å². The van der Waals surface area contributed by atoms with E-state index < -0.39 is 0 Å². The molecule has 6 heteroatoms. The lowest BCUT2D eigenvalue weighted by molar-refractivity contribution is -0.122. The Kier molecular flexibility index (Phi) is 5.19. The summed E-state index contributed by atoms with van der Waals surface area (Å²) < 4.78 is 1.91. The molecule has 0 aliphatic heterocycles. The second-order valence-corrected chi connectivity index (χ2v) is 7.24. The predicted octanol–water partition coefficient (Wildman–Crippen LogP) is 2.26. The molecule has 0 aromatic carbocycles. The molecule has 0 atom stereocenters. The van der Waals surface area contributed by atoms with E-state index in [0.717, 1.165) is 17.9 Å². The highest BCUT2D eigenvalue weighted by atomic mass is 32.2. The largest absolute Gasteiger partial charge is 0.396 e. The molecule has 21 heavy (non-hydrogen) atoms. The number of nitrogens with two attached hydrogens (primary N) is 1. The van der Waals surface area contributed by atoms with Crippen molar-refractivity contribution in [2.24, 2.45) is 0 Å². The fourth-order valence-corrected chi connectivity index (χ4v) is 3.88. The molecular formula is C15H26N4OS. The number of hydrogen-bond donors (Lipinski definition) is 2. The number of carbonyl (C=O) groups excluding carboxylic acids is 1. The molecule has 1 aromatic rings. The molecule has 1 saturated carbocycles. The van der Waals surface area contributed by atoms with Gasteiger partial charge in [0.2, 0.25) is 5.91 Å². The zero-order valence-corrected chi connectivity index (χ0v) is 14.1. The van der Waals surface area contributed by atoms with Gasteiger partial charge in [-0.2, -0.15) is 16.9 Å². The van der Waals surface area contributed by atoms with Crippen LogP contribution in [0.2, 0.25) is 0 Å². The van der Waals surface area contributed by atoms with Crippen LogP contribution in [-0.4, -0.2) is 33.2 Å². The first kappa shape index (κ1) is 16.2. The summed E-state index contributed by atoms with van der Waals surface area (Å²) in [5.41, 5.74) is 8.22. The van der Waals surface area contributed by atoms with Gasteiger partial charge in [0.1, 0.15) is 6.54 Å². The minimum atomic E-state index is 0.0135. The molecule has 1 amide bonds. The minimum absolute atomic E-state index is 0.0135. The average molecular weight is 310 g/mol. The second kappa shape index (κ2) is 6.73. The normalized spacial score (nSPS) is 17.7. The van der Waals surface area contributed by atoms with E-state index >= 15 is 0 Å². The van der Waals surface area contributed by atoms with Crippen LogP contribution in [0.25, 0.3) is 0 Å². The number of amides is 1. The smallest absolute Gasteiger partial charge is 0.241 e. The van der Waals surface area contributed by atoms with Crippen molar-refractivity contribution >= 4 is 23.4 Å². The van der Waals surface area contributed by atoms with Crippen LogP contribution < -0.4 is 11.1 Å². The first-order valence-electron chi connectivity index (χ1n) is 7.59. The summed E-state index contributed by atoms with van der Waals surface area (Å²) in [6.45, 7) is 4.75. The number of nitrogens with zero attached hydrogens (tertiary/aromatic N) is 2. The first-order valence-corrected chi connectivity index (χ1v) is 8.81. The number of aryl methyl sites for hydroxylation is 1. The van der Waals surface area contributed by atoms with Gasteiger partial charge in [0, 0.05) is 11.3 Å². The number of carbonyl (C=O) groups is 1. The van der Waals surface area contributed by atoms with Crippen molar-refractivity contribution in [3.8, 4) is 0 Å². The maximum absolute atomic E-state index is 12.2. The lowest BCUT2D eigenvalue weighted by Crippen LogP contribution is -2.42. The quantitative estimate of drug-likeness (QED) is 0.875. The second-order valence-electron chi connectivity index (χ2n) is 5.97. The maximum atomic E-state index is 12.2. The molecule has 1 aliphatic carbocycles. The third-order valence-corrected chi connectivity index (χ3v) is 5.95. The maximum Gasteiger partial charge on any atom is 0.241 e. The summed E-state index contributed by atoms with van der Waals surface area (Å²) >= 11 is 1.89. The number of anilines is 1. The van der Waals surface area contributed by atoms with Crippen molar-refractivity contribution in [2.75, 3.05) is 18.5 Å². The Balaban J connectivity index is 1.91. The van der Waals surface area contributed by atoms with Gasteiger partial charge in [0.15, 0.2) is 0 Å². The van der Waals surface area contributed by atoms with Gasteiger partial charge in [-0.3, -0.25) is 9.48 Å². The Labute approximate surface area is 131 Å². The fraction of sp³-hybridized carbons (Fsp3) is 0.733. The summed E-state index contributed by atoms with van der Waals surface area (Å²) in [4.78, 5) is 12.2. The van der Waals surface area contributed by atoms with Gasteiger partial charge in [-0.25, -0.2) is 0 Å².